The van der Waals surface area contributed by atoms with Crippen molar-refractivity contribution in [2.24, 2.45) is 5.92 Å². The number of hydrogen-bond donors (Lipinski definition) is 1. The largest absolute Gasteiger partial charge is 0.342 e. The summed E-state index contributed by atoms with van der Waals surface area (Å²) in [6.07, 6.45) is 2.32. The van der Waals surface area contributed by atoms with Gasteiger partial charge in [0.1, 0.15) is 24.7 Å². The van der Waals surface area contributed by atoms with E-state index in [1.165, 1.54) is 6.33 Å². The Morgan fingerprint density at radius 1 is 1.38 bits per heavy atom. The molecule has 1 aliphatic heterocycles. The second kappa shape index (κ2) is 6.24. The lowest BCUT2D eigenvalue weighted by molar-refractivity contribution is -0.146. The minimum atomic E-state index is -0.438. The average molecular weight is 293 g/mol. The molecule has 2 rings (SSSR count). The first kappa shape index (κ1) is 15.5. The molecule has 2 amide bonds. The number of nitrogens with zero attached hydrogens (tertiary/aromatic N) is 4. The van der Waals surface area contributed by atoms with Gasteiger partial charge in [-0.1, -0.05) is 20.3 Å². The third-order valence-corrected chi connectivity index (χ3v) is 3.91. The summed E-state index contributed by atoms with van der Waals surface area (Å²) >= 11 is 0. The molecule has 116 valence electrons. The summed E-state index contributed by atoms with van der Waals surface area (Å²) in [5, 5.41) is 6.95. The standard InChI is InChI=1S/C14H23N5O2/c1-5-10(4)13-14(21)18(7-12(20)17-13)6-11-15-8-16-19(11)9(2)3/h8-10,13H,5-7H2,1-4H3,(H,17,20). The van der Waals surface area contributed by atoms with E-state index in [1.807, 2.05) is 27.7 Å². The Morgan fingerprint density at radius 3 is 2.71 bits per heavy atom. The zero-order valence-corrected chi connectivity index (χ0v) is 13.0. The van der Waals surface area contributed by atoms with E-state index in [2.05, 4.69) is 15.4 Å². The van der Waals surface area contributed by atoms with Gasteiger partial charge in [0.05, 0.1) is 6.54 Å². The number of amides is 2. The van der Waals surface area contributed by atoms with E-state index in [4.69, 9.17) is 0 Å². The highest BCUT2D eigenvalue weighted by Crippen LogP contribution is 2.16. The second-order valence-electron chi connectivity index (χ2n) is 5.84. The normalized spacial score (nSPS) is 20.8. The molecule has 0 bridgehead atoms. The van der Waals surface area contributed by atoms with Gasteiger partial charge in [-0.2, -0.15) is 5.10 Å². The van der Waals surface area contributed by atoms with Crippen LogP contribution in [0.2, 0.25) is 0 Å². The van der Waals surface area contributed by atoms with Crippen molar-refractivity contribution in [2.75, 3.05) is 6.54 Å². The highest BCUT2D eigenvalue weighted by atomic mass is 16.2. The summed E-state index contributed by atoms with van der Waals surface area (Å²) in [5.41, 5.74) is 0. The molecule has 0 saturated carbocycles. The zero-order chi connectivity index (χ0) is 15.6. The van der Waals surface area contributed by atoms with Gasteiger partial charge in [0.25, 0.3) is 0 Å². The van der Waals surface area contributed by atoms with E-state index >= 15 is 0 Å². The van der Waals surface area contributed by atoms with Crippen molar-refractivity contribution in [3.05, 3.63) is 12.2 Å². The first-order valence-corrected chi connectivity index (χ1v) is 7.40. The molecule has 1 N–H and O–H groups in total. The van der Waals surface area contributed by atoms with E-state index in [0.29, 0.717) is 12.4 Å². The molecule has 0 aromatic carbocycles. The molecular weight excluding hydrogens is 270 g/mol. The lowest BCUT2D eigenvalue weighted by Crippen LogP contribution is -2.59. The van der Waals surface area contributed by atoms with Crippen LogP contribution in [0.15, 0.2) is 6.33 Å². The van der Waals surface area contributed by atoms with E-state index in [-0.39, 0.29) is 30.3 Å². The van der Waals surface area contributed by atoms with Crippen LogP contribution in [0.5, 0.6) is 0 Å². The van der Waals surface area contributed by atoms with Crippen molar-refractivity contribution in [1.29, 1.82) is 0 Å². The van der Waals surface area contributed by atoms with Gasteiger partial charge in [-0.15, -0.1) is 0 Å². The zero-order valence-electron chi connectivity index (χ0n) is 13.0. The fraction of sp³-hybridized carbons (Fsp3) is 0.714. The monoisotopic (exact) mass is 293 g/mol. The van der Waals surface area contributed by atoms with E-state index in [0.717, 1.165) is 6.42 Å². The molecule has 21 heavy (non-hydrogen) atoms. The predicted molar refractivity (Wildman–Crippen MR) is 77.2 cm³/mol. The summed E-state index contributed by atoms with van der Waals surface area (Å²) in [5.74, 6) is 0.668. The van der Waals surface area contributed by atoms with Crippen LogP contribution < -0.4 is 5.32 Å². The number of hydrogen-bond acceptors (Lipinski definition) is 4. The maximum Gasteiger partial charge on any atom is 0.246 e. The number of nitrogens with one attached hydrogen (secondary N) is 1. The van der Waals surface area contributed by atoms with Crippen molar-refractivity contribution in [3.63, 3.8) is 0 Å². The molecule has 1 aromatic rings. The number of carbonyl (C=O) groups is 2. The van der Waals surface area contributed by atoms with Gasteiger partial charge >= 0.3 is 0 Å². The summed E-state index contributed by atoms with van der Waals surface area (Å²) in [6, 6.07) is -0.270. The van der Waals surface area contributed by atoms with Crippen LogP contribution in [-0.2, 0) is 16.1 Å². The number of carbonyl (C=O) groups excluding carboxylic acids is 2. The first-order valence-electron chi connectivity index (χ1n) is 7.40. The van der Waals surface area contributed by atoms with Crippen molar-refractivity contribution < 1.29 is 9.59 Å². The first-order chi connectivity index (χ1) is 9.93. The van der Waals surface area contributed by atoms with Crippen molar-refractivity contribution in [1.82, 2.24) is 25.0 Å². The summed E-state index contributed by atoms with van der Waals surface area (Å²) in [6.45, 7) is 8.39. The van der Waals surface area contributed by atoms with Crippen LogP contribution in [0.25, 0.3) is 0 Å². The Hall–Kier alpha value is -1.92. The molecule has 7 heteroatoms. The average Bonchev–Trinajstić information content (AvgIpc) is 2.90. The van der Waals surface area contributed by atoms with Crippen LogP contribution in [0.4, 0.5) is 0 Å². The lowest BCUT2D eigenvalue weighted by atomic mass is 9.96. The summed E-state index contributed by atoms with van der Waals surface area (Å²) < 4.78 is 1.78. The Kier molecular flexibility index (Phi) is 4.59. The molecule has 1 fully saturated rings. The Balaban J connectivity index is 2.16. The van der Waals surface area contributed by atoms with E-state index < -0.39 is 6.04 Å². The number of piperazine rings is 1. The molecule has 0 spiro atoms. The maximum absolute atomic E-state index is 12.5. The third-order valence-electron chi connectivity index (χ3n) is 3.91. The van der Waals surface area contributed by atoms with Crippen molar-refractivity contribution in [3.8, 4) is 0 Å². The van der Waals surface area contributed by atoms with Gasteiger partial charge in [0, 0.05) is 6.04 Å². The van der Waals surface area contributed by atoms with E-state index in [1.54, 1.807) is 9.58 Å². The maximum atomic E-state index is 12.5. The Labute approximate surface area is 124 Å². The number of aromatic nitrogens is 3. The van der Waals surface area contributed by atoms with Crippen LogP contribution in [-0.4, -0.2) is 44.1 Å². The predicted octanol–water partition coefficient (Wildman–Crippen LogP) is 0.732. The highest BCUT2D eigenvalue weighted by molar-refractivity contribution is 5.94. The van der Waals surface area contributed by atoms with Gasteiger partial charge < -0.3 is 10.2 Å². The molecular formula is C14H23N5O2. The fourth-order valence-electron chi connectivity index (χ4n) is 2.47. The van der Waals surface area contributed by atoms with Crippen LogP contribution in [0.1, 0.15) is 46.0 Å². The number of rotatable bonds is 5. The van der Waals surface area contributed by atoms with Gasteiger partial charge in [0.15, 0.2) is 0 Å². The molecule has 0 aliphatic carbocycles. The third kappa shape index (κ3) is 3.22. The molecule has 1 saturated heterocycles. The van der Waals surface area contributed by atoms with Gasteiger partial charge in [-0.05, 0) is 19.8 Å². The molecule has 2 unspecified atom stereocenters. The molecule has 2 heterocycles. The van der Waals surface area contributed by atoms with Gasteiger partial charge in [-0.25, -0.2) is 9.67 Å². The Bertz CT molecular complexity index is 525. The van der Waals surface area contributed by atoms with Crippen molar-refractivity contribution in [2.45, 2.75) is 52.7 Å². The molecule has 1 aromatic heterocycles. The topological polar surface area (TPSA) is 80.1 Å². The summed E-state index contributed by atoms with van der Waals surface area (Å²) in [7, 11) is 0. The van der Waals surface area contributed by atoms with Crippen LogP contribution in [0.3, 0.4) is 0 Å². The molecule has 2 atom stereocenters. The molecule has 1 aliphatic rings. The minimum Gasteiger partial charge on any atom is -0.342 e. The Morgan fingerprint density at radius 2 is 2.10 bits per heavy atom. The second-order valence-corrected chi connectivity index (χ2v) is 5.84. The SMILES string of the molecule is CCC(C)C1NC(=O)CN(Cc2ncnn2C(C)C)C1=O. The summed E-state index contributed by atoms with van der Waals surface area (Å²) in [4.78, 5) is 30.2. The van der Waals surface area contributed by atoms with Gasteiger partial charge in [-0.3, -0.25) is 9.59 Å². The molecule has 0 radical (unpaired) electrons. The minimum absolute atomic E-state index is 0.0396. The highest BCUT2D eigenvalue weighted by Gasteiger charge is 2.36. The fourth-order valence-corrected chi connectivity index (χ4v) is 2.47. The smallest absolute Gasteiger partial charge is 0.246 e. The van der Waals surface area contributed by atoms with Crippen molar-refractivity contribution >= 4 is 11.8 Å². The van der Waals surface area contributed by atoms with Crippen LogP contribution >= 0.6 is 0 Å². The molecule has 7 nitrogen and oxygen atoms in total. The van der Waals surface area contributed by atoms with Gasteiger partial charge in [0.2, 0.25) is 11.8 Å². The van der Waals surface area contributed by atoms with Crippen LogP contribution in [0, 0.1) is 5.92 Å². The van der Waals surface area contributed by atoms with E-state index in [9.17, 15) is 9.59 Å². The lowest BCUT2D eigenvalue weighted by Gasteiger charge is -2.35. The quantitative estimate of drug-likeness (QED) is 0.868.